The fourth-order valence-corrected chi connectivity index (χ4v) is 6.28. The summed E-state index contributed by atoms with van der Waals surface area (Å²) in [4.78, 5) is 40.0. The number of halogens is 4. The lowest BCUT2D eigenvalue weighted by Crippen LogP contribution is -2.40. The van der Waals surface area contributed by atoms with Gasteiger partial charge in [0.15, 0.2) is 12.4 Å². The van der Waals surface area contributed by atoms with E-state index in [4.69, 9.17) is 16.3 Å². The van der Waals surface area contributed by atoms with Crippen LogP contribution in [0.15, 0.2) is 54.6 Å². The Kier molecular flexibility index (Phi) is 4.90. The molecule has 180 valence electrons. The Morgan fingerprint density at radius 2 is 1.57 bits per heavy atom. The van der Waals surface area contributed by atoms with Crippen molar-refractivity contribution in [2.24, 2.45) is 35.5 Å². The first-order chi connectivity index (χ1) is 16.6. The second-order valence-electron chi connectivity index (χ2n) is 9.56. The van der Waals surface area contributed by atoms with E-state index in [1.807, 2.05) is 0 Å². The highest BCUT2D eigenvalue weighted by Gasteiger charge is 2.67. The van der Waals surface area contributed by atoms with Gasteiger partial charge in [0.2, 0.25) is 11.8 Å². The first kappa shape index (κ1) is 22.3. The van der Waals surface area contributed by atoms with Gasteiger partial charge in [0, 0.05) is 5.56 Å². The molecule has 2 bridgehead atoms. The number of nitrogens with zero attached hydrogens (tertiary/aromatic N) is 1. The number of Topliss-reactive ketones (excluding diaryl/α,β-unsaturated/α-hetero) is 1. The topological polar surface area (TPSA) is 63.7 Å². The van der Waals surface area contributed by atoms with Gasteiger partial charge in [-0.3, -0.25) is 19.3 Å². The van der Waals surface area contributed by atoms with Crippen molar-refractivity contribution in [3.63, 3.8) is 0 Å². The van der Waals surface area contributed by atoms with Crippen molar-refractivity contribution in [3.05, 3.63) is 70.8 Å². The lowest BCUT2D eigenvalue weighted by Gasteiger charge is -2.37. The predicted molar refractivity (Wildman–Crippen MR) is 120 cm³/mol. The molecule has 3 fully saturated rings. The average molecular weight is 502 g/mol. The first-order valence-electron chi connectivity index (χ1n) is 11.3. The summed E-state index contributed by atoms with van der Waals surface area (Å²) in [7, 11) is 0. The van der Waals surface area contributed by atoms with Gasteiger partial charge in [-0.25, -0.2) is 0 Å². The van der Waals surface area contributed by atoms with E-state index in [9.17, 15) is 27.6 Å². The van der Waals surface area contributed by atoms with Gasteiger partial charge in [-0.05, 0) is 72.6 Å². The van der Waals surface area contributed by atoms with Gasteiger partial charge in [-0.2, -0.15) is 13.2 Å². The molecular formula is C26H19ClF3NO4. The van der Waals surface area contributed by atoms with Crippen molar-refractivity contribution in [2.45, 2.75) is 12.6 Å². The normalized spacial score (nSPS) is 30.3. The Balaban J connectivity index is 1.14. The second kappa shape index (κ2) is 7.68. The molecule has 2 saturated carbocycles. The lowest BCUT2D eigenvalue weighted by molar-refractivity contribution is -0.137. The number of hydrogen-bond donors (Lipinski definition) is 0. The summed E-state index contributed by atoms with van der Waals surface area (Å²) < 4.78 is 44.6. The molecule has 35 heavy (non-hydrogen) atoms. The van der Waals surface area contributed by atoms with Gasteiger partial charge in [-0.15, -0.1) is 0 Å². The molecule has 9 heteroatoms. The van der Waals surface area contributed by atoms with Gasteiger partial charge in [-0.1, -0.05) is 23.8 Å². The highest BCUT2D eigenvalue weighted by molar-refractivity contribution is 6.31. The second-order valence-corrected chi connectivity index (χ2v) is 9.97. The molecule has 2 aromatic rings. The summed E-state index contributed by atoms with van der Waals surface area (Å²) in [6.07, 6.45) is 0.637. The molecular weight excluding hydrogens is 483 g/mol. The van der Waals surface area contributed by atoms with Crippen molar-refractivity contribution >= 4 is 34.9 Å². The third-order valence-corrected chi connectivity index (χ3v) is 8.05. The summed E-state index contributed by atoms with van der Waals surface area (Å²) in [5.41, 5.74) is -0.819. The van der Waals surface area contributed by atoms with Crippen LogP contribution in [-0.2, 0) is 15.8 Å². The number of rotatable bonds is 5. The molecule has 6 atom stereocenters. The molecule has 0 spiro atoms. The molecule has 2 aromatic carbocycles. The Morgan fingerprint density at radius 1 is 0.971 bits per heavy atom. The Labute approximate surface area is 203 Å². The molecule has 2 amide bonds. The minimum atomic E-state index is -4.68. The highest BCUT2D eigenvalue weighted by atomic mass is 35.5. The first-order valence-corrected chi connectivity index (χ1v) is 11.7. The number of alkyl halides is 3. The van der Waals surface area contributed by atoms with E-state index in [0.717, 1.165) is 12.5 Å². The molecule has 0 radical (unpaired) electrons. The maximum Gasteiger partial charge on any atom is 0.417 e. The van der Waals surface area contributed by atoms with Gasteiger partial charge in [0.1, 0.15) is 5.75 Å². The van der Waals surface area contributed by atoms with Crippen LogP contribution in [0.25, 0.3) is 0 Å². The van der Waals surface area contributed by atoms with Crippen LogP contribution in [0.4, 0.5) is 18.9 Å². The van der Waals surface area contributed by atoms with E-state index < -0.39 is 29.2 Å². The van der Waals surface area contributed by atoms with Crippen LogP contribution in [0.1, 0.15) is 22.3 Å². The zero-order valence-electron chi connectivity index (χ0n) is 18.2. The summed E-state index contributed by atoms with van der Waals surface area (Å²) in [5, 5.41) is -0.489. The number of imide groups is 1. The highest BCUT2D eigenvalue weighted by Crippen LogP contribution is 2.65. The quantitative estimate of drug-likeness (QED) is 0.322. The SMILES string of the molecule is O=C(COc1ccc(N2C(=O)[C@@H]3[C@H](C2=O)[C@@H]2C=C[C@H]3C3CC32)cc1)c1ccc(Cl)c(C(F)(F)F)c1. The summed E-state index contributed by atoms with van der Waals surface area (Å²) in [6.45, 7) is -0.484. The molecule has 0 aromatic heterocycles. The van der Waals surface area contributed by atoms with E-state index >= 15 is 0 Å². The molecule has 1 heterocycles. The third kappa shape index (κ3) is 3.49. The van der Waals surface area contributed by atoms with E-state index in [-0.39, 0.29) is 46.8 Å². The molecule has 2 unspecified atom stereocenters. The average Bonchev–Trinajstić information content (AvgIpc) is 3.61. The maximum absolute atomic E-state index is 13.2. The van der Waals surface area contributed by atoms with Crippen LogP contribution >= 0.6 is 11.6 Å². The van der Waals surface area contributed by atoms with Gasteiger partial charge in [0.05, 0.1) is 28.1 Å². The standard InChI is InChI=1S/C26H19ClF3NO4/c27-20-8-1-12(9-19(20)26(28,29)30)21(32)11-35-14-4-2-13(3-5-14)31-24(33)22-15-6-7-16(18-10-17(15)18)23(22)25(31)34/h1-9,15-18,22-23H,10-11H2/t15-,16+,17?,18?,22-,23+. The number of carbonyl (C=O) groups is 3. The smallest absolute Gasteiger partial charge is 0.417 e. The largest absolute Gasteiger partial charge is 0.485 e. The lowest BCUT2D eigenvalue weighted by atomic mass is 9.63. The number of carbonyl (C=O) groups excluding carboxylic acids is 3. The van der Waals surface area contributed by atoms with Gasteiger partial charge < -0.3 is 4.74 Å². The van der Waals surface area contributed by atoms with E-state index in [1.165, 1.54) is 23.1 Å². The molecule has 4 aliphatic carbocycles. The molecule has 1 saturated heterocycles. The Morgan fingerprint density at radius 3 is 2.14 bits per heavy atom. The maximum atomic E-state index is 13.2. The van der Waals surface area contributed by atoms with E-state index in [2.05, 4.69) is 12.2 Å². The van der Waals surface area contributed by atoms with Crippen molar-refractivity contribution in [1.29, 1.82) is 0 Å². The predicted octanol–water partition coefficient (Wildman–Crippen LogP) is 5.18. The monoisotopic (exact) mass is 501 g/mol. The molecule has 1 aliphatic heterocycles. The number of benzene rings is 2. The van der Waals surface area contributed by atoms with Gasteiger partial charge in [0.25, 0.3) is 0 Å². The molecule has 0 N–H and O–H groups in total. The number of allylic oxidation sites excluding steroid dienone is 2. The van der Waals surface area contributed by atoms with Crippen molar-refractivity contribution in [2.75, 3.05) is 11.5 Å². The number of anilines is 1. The summed E-state index contributed by atoms with van der Waals surface area (Å²) in [6, 6.07) is 9.14. The molecule has 5 nitrogen and oxygen atoms in total. The van der Waals surface area contributed by atoms with E-state index in [0.29, 0.717) is 23.6 Å². The Hall–Kier alpha value is -3.13. The van der Waals surface area contributed by atoms with Crippen molar-refractivity contribution in [3.8, 4) is 5.75 Å². The third-order valence-electron chi connectivity index (χ3n) is 7.72. The number of ketones is 1. The summed E-state index contributed by atoms with van der Waals surface area (Å²) >= 11 is 5.60. The molecule has 5 aliphatic rings. The van der Waals surface area contributed by atoms with Crippen LogP contribution in [0.5, 0.6) is 5.75 Å². The number of hydrogen-bond acceptors (Lipinski definition) is 4. The zero-order chi connectivity index (χ0) is 24.6. The van der Waals surface area contributed by atoms with Crippen molar-refractivity contribution < 1.29 is 32.3 Å². The van der Waals surface area contributed by atoms with Crippen molar-refractivity contribution in [1.82, 2.24) is 0 Å². The summed E-state index contributed by atoms with van der Waals surface area (Å²) in [5.74, 6) is 0.0122. The van der Waals surface area contributed by atoms with Crippen LogP contribution < -0.4 is 9.64 Å². The van der Waals surface area contributed by atoms with Crippen LogP contribution in [0.3, 0.4) is 0 Å². The minimum absolute atomic E-state index is 0.135. The Bertz CT molecular complexity index is 1250. The molecule has 7 rings (SSSR count). The van der Waals surface area contributed by atoms with Gasteiger partial charge >= 0.3 is 6.18 Å². The number of amides is 2. The minimum Gasteiger partial charge on any atom is -0.485 e. The van der Waals surface area contributed by atoms with Crippen LogP contribution in [-0.4, -0.2) is 24.2 Å². The zero-order valence-corrected chi connectivity index (χ0v) is 18.9. The fourth-order valence-electron chi connectivity index (χ4n) is 6.05. The van der Waals surface area contributed by atoms with Crippen LogP contribution in [0.2, 0.25) is 5.02 Å². The number of ether oxygens (including phenoxy) is 1. The fraction of sp³-hybridized carbons (Fsp3) is 0.346. The van der Waals surface area contributed by atoms with E-state index in [1.54, 1.807) is 12.1 Å². The van der Waals surface area contributed by atoms with Crippen LogP contribution in [0, 0.1) is 35.5 Å².